The normalized spacial score (nSPS) is 15.3. The summed E-state index contributed by atoms with van der Waals surface area (Å²) in [6, 6.07) is 8.02. The van der Waals surface area contributed by atoms with Gasteiger partial charge in [-0.1, -0.05) is 12.1 Å². The third kappa shape index (κ3) is 4.39. The maximum atomic E-state index is 10.3. The minimum Gasteiger partial charge on any atom is -0.379 e. The minimum absolute atomic E-state index is 0.653. The highest BCUT2D eigenvalue weighted by molar-refractivity contribution is 5.88. The first-order valence-corrected chi connectivity index (χ1v) is 8.33. The topological polar surface area (TPSA) is 79.4 Å². The average Bonchev–Trinajstić information content (AvgIpc) is 2.62. The van der Waals surface area contributed by atoms with Crippen molar-refractivity contribution in [1.82, 2.24) is 20.2 Å². The molecule has 1 saturated heterocycles. The quantitative estimate of drug-likeness (QED) is 0.556. The second-order valence-electron chi connectivity index (χ2n) is 5.75. The zero-order valence-corrected chi connectivity index (χ0v) is 13.7. The van der Waals surface area contributed by atoms with Gasteiger partial charge < -0.3 is 15.4 Å². The molecule has 1 amide bonds. The first-order valence-electron chi connectivity index (χ1n) is 8.33. The molecule has 1 aromatic heterocycles. The molecule has 7 heteroatoms. The molecular weight excluding hydrogens is 306 g/mol. The van der Waals surface area contributed by atoms with E-state index in [1.165, 1.54) is 0 Å². The van der Waals surface area contributed by atoms with Gasteiger partial charge in [-0.15, -0.1) is 0 Å². The van der Waals surface area contributed by atoms with Crippen LogP contribution in [0.1, 0.15) is 12.2 Å². The SMILES string of the molecule is O=CNCCCNc1nc(CN2CCOCC2)nc2ccccc12. The standard InChI is InChI=1S/C17H23N5O2/c23-13-18-6-3-7-19-17-14-4-1-2-5-15(14)20-16(21-17)12-22-8-10-24-11-9-22/h1-2,4-5,13H,3,6-12H2,(H,18,23)(H,19,20,21). The molecule has 7 nitrogen and oxygen atoms in total. The Morgan fingerprint density at radius 1 is 1.17 bits per heavy atom. The van der Waals surface area contributed by atoms with Crippen molar-refractivity contribution in [1.29, 1.82) is 0 Å². The van der Waals surface area contributed by atoms with Crippen LogP contribution in [0.15, 0.2) is 24.3 Å². The lowest BCUT2D eigenvalue weighted by Crippen LogP contribution is -2.36. The molecular formula is C17H23N5O2. The van der Waals surface area contributed by atoms with E-state index in [9.17, 15) is 4.79 Å². The molecule has 0 atom stereocenters. The van der Waals surface area contributed by atoms with Crippen LogP contribution in [0, 0.1) is 0 Å². The molecule has 0 aliphatic carbocycles. The number of fused-ring (bicyclic) bond motifs is 1. The van der Waals surface area contributed by atoms with E-state index < -0.39 is 0 Å². The summed E-state index contributed by atoms with van der Waals surface area (Å²) in [5.74, 6) is 1.68. The third-order valence-electron chi connectivity index (χ3n) is 3.99. The van der Waals surface area contributed by atoms with Crippen molar-refractivity contribution < 1.29 is 9.53 Å². The van der Waals surface area contributed by atoms with Gasteiger partial charge in [0.1, 0.15) is 11.6 Å². The Bertz CT molecular complexity index is 673. The van der Waals surface area contributed by atoms with Crippen LogP contribution in [-0.4, -0.2) is 60.7 Å². The van der Waals surface area contributed by atoms with Crippen molar-refractivity contribution in [3.8, 4) is 0 Å². The maximum absolute atomic E-state index is 10.3. The van der Waals surface area contributed by atoms with Crippen molar-refractivity contribution in [2.75, 3.05) is 44.7 Å². The summed E-state index contributed by atoms with van der Waals surface area (Å²) in [5, 5.41) is 7.06. The molecule has 2 aromatic rings. The lowest BCUT2D eigenvalue weighted by Gasteiger charge is -2.26. The Morgan fingerprint density at radius 3 is 2.83 bits per heavy atom. The van der Waals surface area contributed by atoms with E-state index in [1.54, 1.807) is 0 Å². The monoisotopic (exact) mass is 329 g/mol. The average molecular weight is 329 g/mol. The fraction of sp³-hybridized carbons (Fsp3) is 0.471. The van der Waals surface area contributed by atoms with Crippen molar-refractivity contribution in [2.45, 2.75) is 13.0 Å². The summed E-state index contributed by atoms with van der Waals surface area (Å²) in [5.41, 5.74) is 0.948. The molecule has 0 bridgehead atoms. The fourth-order valence-electron chi connectivity index (χ4n) is 2.75. The number of hydrogen-bond donors (Lipinski definition) is 2. The number of ether oxygens (including phenoxy) is 1. The summed E-state index contributed by atoms with van der Waals surface area (Å²) in [4.78, 5) is 22.0. The molecule has 2 heterocycles. The predicted molar refractivity (Wildman–Crippen MR) is 92.8 cm³/mol. The molecule has 0 saturated carbocycles. The Kier molecular flexibility index (Phi) is 5.92. The summed E-state index contributed by atoms with van der Waals surface area (Å²) < 4.78 is 5.39. The maximum Gasteiger partial charge on any atom is 0.207 e. The number of nitrogens with zero attached hydrogens (tertiary/aromatic N) is 3. The number of anilines is 1. The number of amides is 1. The van der Waals surface area contributed by atoms with Crippen LogP contribution in [-0.2, 0) is 16.1 Å². The van der Waals surface area contributed by atoms with Gasteiger partial charge in [-0.2, -0.15) is 0 Å². The minimum atomic E-state index is 0.653. The van der Waals surface area contributed by atoms with Crippen LogP contribution in [0.3, 0.4) is 0 Å². The first kappa shape index (κ1) is 16.6. The van der Waals surface area contributed by atoms with Crippen LogP contribution in [0.25, 0.3) is 10.9 Å². The van der Waals surface area contributed by atoms with E-state index in [1.807, 2.05) is 24.3 Å². The number of nitrogens with one attached hydrogen (secondary N) is 2. The Hall–Kier alpha value is -2.25. The first-order chi connectivity index (χ1) is 11.9. The Balaban J connectivity index is 1.73. The van der Waals surface area contributed by atoms with Gasteiger partial charge >= 0.3 is 0 Å². The third-order valence-corrected chi connectivity index (χ3v) is 3.99. The van der Waals surface area contributed by atoms with Crippen LogP contribution in [0.5, 0.6) is 0 Å². The van der Waals surface area contributed by atoms with E-state index in [-0.39, 0.29) is 0 Å². The Morgan fingerprint density at radius 2 is 2.00 bits per heavy atom. The van der Waals surface area contributed by atoms with Gasteiger partial charge in [0.2, 0.25) is 6.41 Å². The highest BCUT2D eigenvalue weighted by atomic mass is 16.5. The van der Waals surface area contributed by atoms with Gasteiger partial charge in [0.25, 0.3) is 0 Å². The smallest absolute Gasteiger partial charge is 0.207 e. The van der Waals surface area contributed by atoms with Crippen LogP contribution >= 0.6 is 0 Å². The molecule has 0 unspecified atom stereocenters. The zero-order valence-electron chi connectivity index (χ0n) is 13.7. The number of aromatic nitrogens is 2. The van der Waals surface area contributed by atoms with Gasteiger partial charge in [0.05, 0.1) is 25.3 Å². The van der Waals surface area contributed by atoms with Crippen molar-refractivity contribution in [3.05, 3.63) is 30.1 Å². The second-order valence-corrected chi connectivity index (χ2v) is 5.75. The molecule has 3 rings (SSSR count). The zero-order chi connectivity index (χ0) is 16.6. The van der Waals surface area contributed by atoms with Crippen molar-refractivity contribution in [2.24, 2.45) is 0 Å². The van der Waals surface area contributed by atoms with Crippen molar-refractivity contribution >= 4 is 23.1 Å². The summed E-state index contributed by atoms with van der Waals surface area (Å²) in [6.45, 7) is 5.49. The number of carbonyl (C=O) groups is 1. The highest BCUT2D eigenvalue weighted by Crippen LogP contribution is 2.20. The molecule has 1 aliphatic heterocycles. The van der Waals surface area contributed by atoms with Crippen LogP contribution in [0.2, 0.25) is 0 Å². The summed E-state index contributed by atoms with van der Waals surface area (Å²) in [6.07, 6.45) is 1.57. The molecule has 1 fully saturated rings. The molecule has 128 valence electrons. The number of benzene rings is 1. The molecule has 2 N–H and O–H groups in total. The summed E-state index contributed by atoms with van der Waals surface area (Å²) >= 11 is 0. The lowest BCUT2D eigenvalue weighted by molar-refractivity contribution is -0.109. The van der Waals surface area contributed by atoms with E-state index in [0.717, 1.165) is 74.8 Å². The summed E-state index contributed by atoms with van der Waals surface area (Å²) in [7, 11) is 0. The Labute approximate surface area is 141 Å². The van der Waals surface area contributed by atoms with Gasteiger partial charge in [-0.3, -0.25) is 9.69 Å². The largest absolute Gasteiger partial charge is 0.379 e. The van der Waals surface area contributed by atoms with E-state index in [0.29, 0.717) is 6.54 Å². The van der Waals surface area contributed by atoms with E-state index >= 15 is 0 Å². The molecule has 1 aliphatic rings. The number of rotatable bonds is 8. The van der Waals surface area contributed by atoms with Crippen LogP contribution in [0.4, 0.5) is 5.82 Å². The lowest BCUT2D eigenvalue weighted by atomic mass is 10.2. The highest BCUT2D eigenvalue weighted by Gasteiger charge is 2.14. The fourth-order valence-corrected chi connectivity index (χ4v) is 2.75. The van der Waals surface area contributed by atoms with Gasteiger partial charge in [-0.05, 0) is 18.6 Å². The molecule has 1 aromatic carbocycles. The molecule has 0 spiro atoms. The predicted octanol–water partition coefficient (Wildman–Crippen LogP) is 1.01. The molecule has 24 heavy (non-hydrogen) atoms. The van der Waals surface area contributed by atoms with Crippen LogP contribution < -0.4 is 10.6 Å². The number of para-hydroxylation sites is 1. The van der Waals surface area contributed by atoms with E-state index in [2.05, 4.69) is 15.5 Å². The molecule has 0 radical (unpaired) electrons. The van der Waals surface area contributed by atoms with Gasteiger partial charge in [0.15, 0.2) is 0 Å². The van der Waals surface area contributed by atoms with Crippen molar-refractivity contribution in [3.63, 3.8) is 0 Å². The second kappa shape index (κ2) is 8.56. The van der Waals surface area contributed by atoms with Gasteiger partial charge in [0, 0.05) is 31.6 Å². The van der Waals surface area contributed by atoms with E-state index in [4.69, 9.17) is 14.7 Å². The van der Waals surface area contributed by atoms with Gasteiger partial charge in [-0.25, -0.2) is 9.97 Å². The number of hydrogen-bond acceptors (Lipinski definition) is 6. The number of morpholine rings is 1. The number of carbonyl (C=O) groups excluding carboxylic acids is 1.